The van der Waals surface area contributed by atoms with Crippen LogP contribution in [0.5, 0.6) is 0 Å². The number of aliphatic hydroxyl groups excluding tert-OH is 1. The molecule has 1 aliphatic rings. The maximum Gasteiger partial charge on any atom is 0.0972 e. The first-order chi connectivity index (χ1) is 8.50. The second kappa shape index (κ2) is 5.39. The van der Waals surface area contributed by atoms with Gasteiger partial charge in [-0.25, -0.2) is 0 Å². The smallest absolute Gasteiger partial charge is 0.0972 e. The highest BCUT2D eigenvalue weighted by Crippen LogP contribution is 2.36. The summed E-state index contributed by atoms with van der Waals surface area (Å²) in [5, 5.41) is 22.0. The van der Waals surface area contributed by atoms with Gasteiger partial charge in [0.05, 0.1) is 12.2 Å². The number of hydrogen-bond acceptors (Lipinski definition) is 3. The molecule has 0 aromatic heterocycles. The summed E-state index contributed by atoms with van der Waals surface area (Å²) in [7, 11) is 0. The second-order valence-electron chi connectivity index (χ2n) is 5.81. The van der Waals surface area contributed by atoms with E-state index < -0.39 is 5.60 Å². The van der Waals surface area contributed by atoms with Gasteiger partial charge in [0, 0.05) is 12.6 Å². The quantitative estimate of drug-likeness (QED) is 0.742. The minimum Gasteiger partial charge on any atom is -0.393 e. The molecule has 0 spiro atoms. The van der Waals surface area contributed by atoms with Crippen molar-refractivity contribution in [3.63, 3.8) is 0 Å². The van der Waals surface area contributed by atoms with Gasteiger partial charge in [0.15, 0.2) is 0 Å². The van der Waals surface area contributed by atoms with Crippen molar-refractivity contribution < 1.29 is 10.2 Å². The summed E-state index contributed by atoms with van der Waals surface area (Å²) in [5.41, 5.74) is 1.70. The van der Waals surface area contributed by atoms with Crippen LogP contribution in [0, 0.1) is 6.92 Å². The van der Waals surface area contributed by atoms with E-state index in [1.54, 1.807) is 6.92 Å². The van der Waals surface area contributed by atoms with Crippen LogP contribution < -0.4 is 5.32 Å². The lowest BCUT2D eigenvalue weighted by atomic mass is 9.75. The van der Waals surface area contributed by atoms with Gasteiger partial charge in [-0.1, -0.05) is 29.8 Å². The first kappa shape index (κ1) is 13.5. The molecule has 3 nitrogen and oxygen atoms in total. The SMILES string of the molecule is Cc1ccc(C2CC(NCC(C)(O)CO)C2)cc1. The van der Waals surface area contributed by atoms with E-state index in [0.29, 0.717) is 18.5 Å². The lowest BCUT2D eigenvalue weighted by molar-refractivity contribution is -0.00185. The van der Waals surface area contributed by atoms with Gasteiger partial charge >= 0.3 is 0 Å². The molecule has 3 heteroatoms. The van der Waals surface area contributed by atoms with E-state index in [1.807, 2.05) is 0 Å². The van der Waals surface area contributed by atoms with Gasteiger partial charge in [-0.2, -0.15) is 0 Å². The molecule has 100 valence electrons. The van der Waals surface area contributed by atoms with Crippen LogP contribution in [0.25, 0.3) is 0 Å². The second-order valence-corrected chi connectivity index (χ2v) is 5.81. The molecule has 0 saturated heterocycles. The van der Waals surface area contributed by atoms with Crippen molar-refractivity contribution in [3.8, 4) is 0 Å². The van der Waals surface area contributed by atoms with Crippen LogP contribution in [-0.4, -0.2) is 35.0 Å². The molecule has 18 heavy (non-hydrogen) atoms. The molecule has 2 rings (SSSR count). The summed E-state index contributed by atoms with van der Waals surface area (Å²) in [6.45, 7) is 4.00. The van der Waals surface area contributed by atoms with E-state index in [-0.39, 0.29) is 6.61 Å². The molecule has 0 amide bonds. The lowest BCUT2D eigenvalue weighted by Crippen LogP contribution is -2.48. The highest BCUT2D eigenvalue weighted by atomic mass is 16.3. The standard InChI is InChI=1S/C15H23NO2/c1-11-3-5-12(6-4-11)13-7-14(8-13)16-9-15(2,18)10-17/h3-6,13-14,16-18H,7-10H2,1-2H3. The molecule has 1 unspecified atom stereocenters. The first-order valence-electron chi connectivity index (χ1n) is 6.63. The molecule has 0 bridgehead atoms. The first-order valence-corrected chi connectivity index (χ1v) is 6.63. The van der Waals surface area contributed by atoms with E-state index in [0.717, 1.165) is 12.8 Å². The maximum absolute atomic E-state index is 9.69. The molecule has 3 N–H and O–H groups in total. The van der Waals surface area contributed by atoms with Gasteiger partial charge in [-0.05, 0) is 38.2 Å². The lowest BCUT2D eigenvalue weighted by Gasteiger charge is -2.38. The number of rotatable bonds is 5. The van der Waals surface area contributed by atoms with Crippen molar-refractivity contribution in [3.05, 3.63) is 35.4 Å². The predicted molar refractivity (Wildman–Crippen MR) is 72.7 cm³/mol. The van der Waals surface area contributed by atoms with Crippen LogP contribution in [0.15, 0.2) is 24.3 Å². The molecule has 1 atom stereocenters. The van der Waals surface area contributed by atoms with E-state index in [1.165, 1.54) is 11.1 Å². The van der Waals surface area contributed by atoms with Gasteiger partial charge < -0.3 is 15.5 Å². The number of benzene rings is 1. The Morgan fingerprint density at radius 1 is 1.28 bits per heavy atom. The van der Waals surface area contributed by atoms with Crippen LogP contribution in [0.4, 0.5) is 0 Å². The summed E-state index contributed by atoms with van der Waals surface area (Å²) >= 11 is 0. The van der Waals surface area contributed by atoms with E-state index in [4.69, 9.17) is 5.11 Å². The third-order valence-electron chi connectivity index (χ3n) is 3.80. The number of aryl methyl sites for hydroxylation is 1. The Morgan fingerprint density at radius 3 is 2.44 bits per heavy atom. The summed E-state index contributed by atoms with van der Waals surface area (Å²) in [6.07, 6.45) is 2.23. The summed E-state index contributed by atoms with van der Waals surface area (Å²) in [5.74, 6) is 0.641. The van der Waals surface area contributed by atoms with E-state index in [2.05, 4.69) is 36.5 Å². The maximum atomic E-state index is 9.69. The molecule has 1 aromatic rings. The van der Waals surface area contributed by atoms with E-state index in [9.17, 15) is 5.11 Å². The average Bonchev–Trinajstić information content (AvgIpc) is 2.29. The summed E-state index contributed by atoms with van der Waals surface area (Å²) < 4.78 is 0. The molecule has 0 heterocycles. The minimum atomic E-state index is -1.01. The molecular formula is C15H23NO2. The number of nitrogens with one attached hydrogen (secondary N) is 1. The molecule has 1 aliphatic carbocycles. The summed E-state index contributed by atoms with van der Waals surface area (Å²) in [4.78, 5) is 0. The average molecular weight is 249 g/mol. The zero-order valence-corrected chi connectivity index (χ0v) is 11.2. The van der Waals surface area contributed by atoms with Gasteiger partial charge in [0.25, 0.3) is 0 Å². The van der Waals surface area contributed by atoms with Crippen LogP contribution in [0.1, 0.15) is 36.8 Å². The summed E-state index contributed by atoms with van der Waals surface area (Å²) in [6, 6.07) is 9.20. The van der Waals surface area contributed by atoms with Crippen molar-refractivity contribution in [2.75, 3.05) is 13.2 Å². The van der Waals surface area contributed by atoms with Crippen molar-refractivity contribution in [2.24, 2.45) is 0 Å². The topological polar surface area (TPSA) is 52.5 Å². The molecule has 0 radical (unpaired) electrons. The van der Waals surface area contributed by atoms with Gasteiger partial charge in [0.2, 0.25) is 0 Å². The highest BCUT2D eigenvalue weighted by molar-refractivity contribution is 5.26. The van der Waals surface area contributed by atoms with Crippen molar-refractivity contribution >= 4 is 0 Å². The third kappa shape index (κ3) is 3.31. The van der Waals surface area contributed by atoms with Crippen LogP contribution in [0.3, 0.4) is 0 Å². The Labute approximate surface area is 109 Å². The van der Waals surface area contributed by atoms with Gasteiger partial charge in [-0.15, -0.1) is 0 Å². The monoisotopic (exact) mass is 249 g/mol. The van der Waals surface area contributed by atoms with Crippen molar-refractivity contribution in [1.29, 1.82) is 0 Å². The predicted octanol–water partition coefficient (Wildman–Crippen LogP) is 1.57. The Balaban J connectivity index is 1.75. The Bertz CT molecular complexity index is 380. The Kier molecular flexibility index (Phi) is 4.05. The molecule has 1 aromatic carbocycles. The van der Waals surface area contributed by atoms with Gasteiger partial charge in [0.1, 0.15) is 0 Å². The number of aliphatic hydroxyl groups is 2. The zero-order chi connectivity index (χ0) is 13.2. The van der Waals surface area contributed by atoms with Crippen LogP contribution in [0.2, 0.25) is 0 Å². The fraction of sp³-hybridized carbons (Fsp3) is 0.600. The van der Waals surface area contributed by atoms with Gasteiger partial charge in [-0.3, -0.25) is 0 Å². The molecule has 1 fully saturated rings. The van der Waals surface area contributed by atoms with Crippen LogP contribution >= 0.6 is 0 Å². The Morgan fingerprint density at radius 2 is 1.89 bits per heavy atom. The van der Waals surface area contributed by atoms with E-state index >= 15 is 0 Å². The molecule has 1 saturated carbocycles. The fourth-order valence-corrected chi connectivity index (χ4v) is 2.32. The fourth-order valence-electron chi connectivity index (χ4n) is 2.32. The minimum absolute atomic E-state index is 0.200. The molecule has 0 aliphatic heterocycles. The zero-order valence-electron chi connectivity index (χ0n) is 11.2. The van der Waals surface area contributed by atoms with Crippen LogP contribution in [-0.2, 0) is 0 Å². The largest absolute Gasteiger partial charge is 0.393 e. The molecular weight excluding hydrogens is 226 g/mol. The van der Waals surface area contributed by atoms with Crippen molar-refractivity contribution in [2.45, 2.75) is 44.2 Å². The third-order valence-corrected chi connectivity index (χ3v) is 3.80. The van der Waals surface area contributed by atoms with Crippen molar-refractivity contribution in [1.82, 2.24) is 5.32 Å². The Hall–Kier alpha value is -0.900. The number of hydrogen-bond donors (Lipinski definition) is 3. The highest BCUT2D eigenvalue weighted by Gasteiger charge is 2.31. The normalized spacial score (nSPS) is 26.4.